The van der Waals surface area contributed by atoms with Crippen LogP contribution >= 0.6 is 0 Å². The lowest BCUT2D eigenvalue weighted by molar-refractivity contribution is -0.390. The van der Waals surface area contributed by atoms with Gasteiger partial charge in [-0.1, -0.05) is 0 Å². The minimum absolute atomic E-state index is 0.220. The largest absolute Gasteiger partial charge is 0.486 e. The molecule has 0 amide bonds. The fourth-order valence-corrected chi connectivity index (χ4v) is 0.929. The highest BCUT2D eigenvalue weighted by Gasteiger charge is 2.16. The summed E-state index contributed by atoms with van der Waals surface area (Å²) in [5.74, 6) is -0.0000463. The number of rotatable bonds is 3. The molecule has 0 aliphatic carbocycles. The number of hydrogen-bond donors (Lipinski definition) is 0. The van der Waals surface area contributed by atoms with E-state index in [1.54, 1.807) is 26.0 Å². The van der Waals surface area contributed by atoms with Gasteiger partial charge in [0.2, 0.25) is 5.75 Å². The van der Waals surface area contributed by atoms with Gasteiger partial charge in [-0.05, 0) is 29.0 Å². The van der Waals surface area contributed by atoms with Crippen molar-refractivity contribution in [3.8, 4) is 5.75 Å². The summed E-state index contributed by atoms with van der Waals surface area (Å²) in [5, 5.41) is 10.5. The second-order valence-electron chi connectivity index (χ2n) is 2.46. The number of aromatic nitrogens is 1. The summed E-state index contributed by atoms with van der Waals surface area (Å²) in [5.41, 5.74) is 0.607. The Hall–Kier alpha value is -1.65. The highest BCUT2D eigenvalue weighted by Crippen LogP contribution is 2.23. The first-order chi connectivity index (χ1) is 6.15. The van der Waals surface area contributed by atoms with E-state index in [4.69, 9.17) is 4.74 Å². The molecule has 1 rings (SSSR count). The molecule has 5 heteroatoms. The van der Waals surface area contributed by atoms with Crippen LogP contribution in [0.5, 0.6) is 5.75 Å². The molecule has 0 bridgehead atoms. The second kappa shape index (κ2) is 3.84. The van der Waals surface area contributed by atoms with Crippen LogP contribution in [0.1, 0.15) is 12.6 Å². The van der Waals surface area contributed by atoms with Crippen molar-refractivity contribution in [3.05, 3.63) is 27.9 Å². The number of aryl methyl sites for hydroxylation is 1. The zero-order valence-electron chi connectivity index (χ0n) is 7.48. The van der Waals surface area contributed by atoms with Crippen LogP contribution in [0.3, 0.4) is 0 Å². The lowest BCUT2D eigenvalue weighted by atomic mass is 10.3. The molecule has 70 valence electrons. The van der Waals surface area contributed by atoms with Crippen molar-refractivity contribution in [2.45, 2.75) is 13.8 Å². The summed E-state index contributed by atoms with van der Waals surface area (Å²) in [4.78, 5) is 13.7. The van der Waals surface area contributed by atoms with E-state index in [-0.39, 0.29) is 11.6 Å². The van der Waals surface area contributed by atoms with E-state index in [2.05, 4.69) is 4.98 Å². The van der Waals surface area contributed by atoms with Gasteiger partial charge in [0.05, 0.1) is 6.61 Å². The molecule has 0 spiro atoms. The van der Waals surface area contributed by atoms with Crippen LogP contribution < -0.4 is 4.74 Å². The first-order valence-electron chi connectivity index (χ1n) is 3.90. The van der Waals surface area contributed by atoms with E-state index in [1.165, 1.54) is 0 Å². The van der Waals surface area contributed by atoms with Crippen LogP contribution in [0, 0.1) is 17.0 Å². The Bertz CT molecular complexity index is 325. The molecule has 0 radical (unpaired) electrons. The fraction of sp³-hybridized carbons (Fsp3) is 0.375. The number of nitro groups is 1. The third kappa shape index (κ3) is 2.14. The average Bonchev–Trinajstić information content (AvgIpc) is 2.08. The topological polar surface area (TPSA) is 65.3 Å². The van der Waals surface area contributed by atoms with Crippen molar-refractivity contribution in [1.29, 1.82) is 0 Å². The Kier molecular flexibility index (Phi) is 2.79. The maximum atomic E-state index is 10.5. The first kappa shape index (κ1) is 9.44. The quantitative estimate of drug-likeness (QED) is 0.527. The monoisotopic (exact) mass is 182 g/mol. The molecule has 13 heavy (non-hydrogen) atoms. The smallest absolute Gasteiger partial charge is 0.406 e. The van der Waals surface area contributed by atoms with Crippen LogP contribution in [-0.4, -0.2) is 16.5 Å². The third-order valence-electron chi connectivity index (χ3n) is 1.45. The molecular weight excluding hydrogens is 172 g/mol. The van der Waals surface area contributed by atoms with Gasteiger partial charge in [-0.15, -0.1) is 0 Å². The molecule has 1 heterocycles. The van der Waals surface area contributed by atoms with E-state index in [0.29, 0.717) is 12.3 Å². The molecule has 0 unspecified atom stereocenters. The Morgan fingerprint density at radius 2 is 2.31 bits per heavy atom. The molecular formula is C8H10N2O3. The predicted octanol–water partition coefficient (Wildman–Crippen LogP) is 1.70. The SMILES string of the molecule is CCOc1ccc(C)nc1[N+](=O)[O-]. The molecule has 0 saturated carbocycles. The normalized spacial score (nSPS) is 9.69. The number of pyridine rings is 1. The number of ether oxygens (including phenoxy) is 1. The molecule has 1 aromatic rings. The zero-order chi connectivity index (χ0) is 9.84. The Morgan fingerprint density at radius 1 is 1.62 bits per heavy atom. The van der Waals surface area contributed by atoms with Crippen molar-refractivity contribution in [1.82, 2.24) is 4.98 Å². The number of nitrogens with zero attached hydrogens (tertiary/aromatic N) is 2. The van der Waals surface area contributed by atoms with Crippen LogP contribution in [0.25, 0.3) is 0 Å². The van der Waals surface area contributed by atoms with Gasteiger partial charge >= 0.3 is 5.82 Å². The van der Waals surface area contributed by atoms with Gasteiger partial charge in [-0.3, -0.25) is 0 Å². The summed E-state index contributed by atoms with van der Waals surface area (Å²) in [6.07, 6.45) is 0. The van der Waals surface area contributed by atoms with Crippen molar-refractivity contribution >= 4 is 5.82 Å². The highest BCUT2D eigenvalue weighted by atomic mass is 16.6. The predicted molar refractivity (Wildman–Crippen MR) is 46.8 cm³/mol. The van der Waals surface area contributed by atoms with Gasteiger partial charge in [-0.2, -0.15) is 0 Å². The van der Waals surface area contributed by atoms with Crippen molar-refractivity contribution in [2.75, 3.05) is 6.61 Å². The summed E-state index contributed by atoms with van der Waals surface area (Å²) in [6, 6.07) is 3.24. The van der Waals surface area contributed by atoms with Gasteiger partial charge in [0.1, 0.15) is 5.69 Å². The zero-order valence-corrected chi connectivity index (χ0v) is 7.48. The molecule has 1 aromatic heterocycles. The number of hydrogen-bond acceptors (Lipinski definition) is 4. The van der Waals surface area contributed by atoms with Crippen LogP contribution in [-0.2, 0) is 0 Å². The van der Waals surface area contributed by atoms with Gasteiger partial charge in [0.25, 0.3) is 0 Å². The molecule has 5 nitrogen and oxygen atoms in total. The van der Waals surface area contributed by atoms with E-state index >= 15 is 0 Å². The molecule has 0 atom stereocenters. The lowest BCUT2D eigenvalue weighted by Crippen LogP contribution is -2.00. The minimum Gasteiger partial charge on any atom is -0.486 e. The Morgan fingerprint density at radius 3 is 2.85 bits per heavy atom. The standard InChI is InChI=1S/C8H10N2O3/c1-3-13-7-5-4-6(2)9-8(7)10(11)12/h4-5H,3H2,1-2H3. The van der Waals surface area contributed by atoms with E-state index in [9.17, 15) is 10.1 Å². The van der Waals surface area contributed by atoms with Gasteiger partial charge in [-0.25, -0.2) is 0 Å². The van der Waals surface area contributed by atoms with Crippen molar-refractivity contribution in [3.63, 3.8) is 0 Å². The van der Waals surface area contributed by atoms with Crippen LogP contribution in [0.4, 0.5) is 5.82 Å². The summed E-state index contributed by atoms with van der Waals surface area (Å²) < 4.78 is 5.05. The van der Waals surface area contributed by atoms with E-state index < -0.39 is 4.92 Å². The maximum Gasteiger partial charge on any atom is 0.406 e. The molecule has 0 fully saturated rings. The molecule has 0 saturated heterocycles. The van der Waals surface area contributed by atoms with Gasteiger partial charge in [0, 0.05) is 6.92 Å². The Labute approximate surface area is 75.5 Å². The van der Waals surface area contributed by atoms with Crippen LogP contribution in [0.15, 0.2) is 12.1 Å². The molecule has 0 aliphatic rings. The maximum absolute atomic E-state index is 10.5. The van der Waals surface area contributed by atoms with Crippen molar-refractivity contribution < 1.29 is 9.66 Å². The Balaban J connectivity index is 3.10. The minimum atomic E-state index is -0.544. The summed E-state index contributed by atoms with van der Waals surface area (Å²) in [7, 11) is 0. The van der Waals surface area contributed by atoms with Crippen molar-refractivity contribution in [2.24, 2.45) is 0 Å². The first-order valence-corrected chi connectivity index (χ1v) is 3.90. The molecule has 0 aromatic carbocycles. The molecule has 0 aliphatic heterocycles. The average molecular weight is 182 g/mol. The van der Waals surface area contributed by atoms with Gasteiger partial charge in [0.15, 0.2) is 0 Å². The summed E-state index contributed by atoms with van der Waals surface area (Å²) >= 11 is 0. The molecule has 0 N–H and O–H groups in total. The lowest BCUT2D eigenvalue weighted by Gasteiger charge is -2.02. The third-order valence-corrected chi connectivity index (χ3v) is 1.45. The van der Waals surface area contributed by atoms with Crippen LogP contribution in [0.2, 0.25) is 0 Å². The fourth-order valence-electron chi connectivity index (χ4n) is 0.929. The highest BCUT2D eigenvalue weighted by molar-refractivity contribution is 5.40. The van der Waals surface area contributed by atoms with Gasteiger partial charge < -0.3 is 14.9 Å². The second-order valence-corrected chi connectivity index (χ2v) is 2.46. The summed E-state index contributed by atoms with van der Waals surface area (Å²) in [6.45, 7) is 3.86. The van der Waals surface area contributed by atoms with E-state index in [0.717, 1.165) is 0 Å². The van der Waals surface area contributed by atoms with E-state index in [1.807, 2.05) is 0 Å².